The van der Waals surface area contributed by atoms with E-state index in [0.29, 0.717) is 5.56 Å². The molecule has 10 heteroatoms. The van der Waals surface area contributed by atoms with Crippen LogP contribution in [0.25, 0.3) is 0 Å². The number of carbonyl (C=O) groups is 3. The van der Waals surface area contributed by atoms with Crippen LogP contribution >= 0.6 is 0 Å². The van der Waals surface area contributed by atoms with E-state index < -0.39 is 48.2 Å². The Morgan fingerprint density at radius 2 is 1.65 bits per heavy atom. The number of amides is 1. The van der Waals surface area contributed by atoms with Gasteiger partial charge in [-0.1, -0.05) is 36.4 Å². The molecule has 0 saturated carbocycles. The van der Waals surface area contributed by atoms with Gasteiger partial charge in [0.25, 0.3) is 0 Å². The molecule has 0 fully saturated rings. The van der Waals surface area contributed by atoms with Gasteiger partial charge in [-0.15, -0.1) is 0 Å². The number of carbonyl (C=O) groups excluding carboxylic acids is 2. The molecule has 184 valence electrons. The molecule has 0 aromatic heterocycles. The molecule has 2 unspecified atom stereocenters. The van der Waals surface area contributed by atoms with Gasteiger partial charge in [-0.2, -0.15) is 13.2 Å². The zero-order valence-electron chi connectivity index (χ0n) is 18.5. The van der Waals surface area contributed by atoms with Crippen molar-refractivity contribution in [2.24, 2.45) is 0 Å². The van der Waals surface area contributed by atoms with Crippen LogP contribution in [0.4, 0.5) is 13.2 Å². The molecule has 0 aliphatic carbocycles. The number of aliphatic hydroxyl groups is 1. The fourth-order valence-electron chi connectivity index (χ4n) is 3.51. The fraction of sp³-hybridized carbons (Fsp3) is 0.375. The SMILES string of the molecule is CCOC(=O)C(O)C(Cc1ccccc1C(F)(F)F)NC(=O)CCCc1ccccc1C(=O)O. The number of aliphatic hydroxyl groups excluding tert-OH is 1. The van der Waals surface area contributed by atoms with E-state index in [1.54, 1.807) is 18.2 Å². The van der Waals surface area contributed by atoms with E-state index in [4.69, 9.17) is 4.74 Å². The first-order valence-electron chi connectivity index (χ1n) is 10.6. The van der Waals surface area contributed by atoms with Crippen molar-refractivity contribution in [1.82, 2.24) is 5.32 Å². The van der Waals surface area contributed by atoms with Crippen molar-refractivity contribution in [3.63, 3.8) is 0 Å². The van der Waals surface area contributed by atoms with E-state index >= 15 is 0 Å². The van der Waals surface area contributed by atoms with Gasteiger partial charge in [0, 0.05) is 6.42 Å². The Labute approximate surface area is 194 Å². The zero-order chi connectivity index (χ0) is 25.3. The third-order valence-corrected chi connectivity index (χ3v) is 5.12. The van der Waals surface area contributed by atoms with E-state index in [-0.39, 0.29) is 37.0 Å². The van der Waals surface area contributed by atoms with E-state index in [2.05, 4.69) is 5.32 Å². The van der Waals surface area contributed by atoms with Crippen LogP contribution in [0.15, 0.2) is 48.5 Å². The highest BCUT2D eigenvalue weighted by atomic mass is 19.4. The number of rotatable bonds is 11. The number of hydrogen-bond acceptors (Lipinski definition) is 5. The smallest absolute Gasteiger partial charge is 0.416 e. The van der Waals surface area contributed by atoms with Gasteiger partial charge in [0.1, 0.15) is 0 Å². The average Bonchev–Trinajstić information content (AvgIpc) is 2.78. The van der Waals surface area contributed by atoms with E-state index in [9.17, 15) is 37.8 Å². The van der Waals surface area contributed by atoms with Gasteiger partial charge in [0.05, 0.1) is 23.8 Å². The lowest BCUT2D eigenvalue weighted by Crippen LogP contribution is -2.49. The molecule has 34 heavy (non-hydrogen) atoms. The number of ether oxygens (including phenoxy) is 1. The van der Waals surface area contributed by atoms with E-state index in [1.807, 2.05) is 0 Å². The molecule has 0 spiro atoms. The average molecular weight is 481 g/mol. The molecule has 0 radical (unpaired) electrons. The number of carboxylic acid groups (broad SMARTS) is 1. The first kappa shape index (κ1) is 26.8. The Morgan fingerprint density at radius 1 is 1.03 bits per heavy atom. The largest absolute Gasteiger partial charge is 0.478 e. The van der Waals surface area contributed by atoms with Gasteiger partial charge >= 0.3 is 18.1 Å². The maximum atomic E-state index is 13.4. The number of aromatic carboxylic acids is 1. The Hall–Kier alpha value is -3.40. The summed E-state index contributed by atoms with van der Waals surface area (Å²) in [6.07, 6.45) is -6.56. The number of aryl methyl sites for hydroxylation is 1. The summed E-state index contributed by atoms with van der Waals surface area (Å²) in [5.41, 5.74) is -0.484. The van der Waals surface area contributed by atoms with Gasteiger partial charge in [-0.05, 0) is 49.4 Å². The van der Waals surface area contributed by atoms with Gasteiger partial charge < -0.3 is 20.3 Å². The molecule has 2 aromatic rings. The van der Waals surface area contributed by atoms with Crippen molar-refractivity contribution in [3.8, 4) is 0 Å². The van der Waals surface area contributed by atoms with Crippen LogP contribution in [-0.4, -0.2) is 46.8 Å². The molecule has 0 bridgehead atoms. The fourth-order valence-corrected chi connectivity index (χ4v) is 3.51. The topological polar surface area (TPSA) is 113 Å². The number of benzene rings is 2. The second kappa shape index (κ2) is 12.2. The van der Waals surface area contributed by atoms with Crippen molar-refractivity contribution in [1.29, 1.82) is 0 Å². The number of halogens is 3. The number of carboxylic acids is 1. The van der Waals surface area contributed by atoms with Crippen LogP contribution in [0, 0.1) is 0 Å². The van der Waals surface area contributed by atoms with Crippen molar-refractivity contribution in [2.45, 2.75) is 50.9 Å². The van der Waals surface area contributed by atoms with Crippen molar-refractivity contribution >= 4 is 17.8 Å². The first-order valence-corrected chi connectivity index (χ1v) is 10.6. The lowest BCUT2D eigenvalue weighted by Gasteiger charge is -2.24. The predicted octanol–water partition coefficient (Wildman–Crippen LogP) is 3.38. The molecule has 0 aliphatic heterocycles. The highest BCUT2D eigenvalue weighted by molar-refractivity contribution is 5.89. The molecule has 0 aliphatic rings. The number of esters is 1. The lowest BCUT2D eigenvalue weighted by molar-refractivity contribution is -0.154. The minimum Gasteiger partial charge on any atom is -0.478 e. The van der Waals surface area contributed by atoms with Crippen LogP contribution in [0.1, 0.15) is 46.8 Å². The van der Waals surface area contributed by atoms with Gasteiger partial charge in [0.2, 0.25) is 5.91 Å². The molecule has 2 aromatic carbocycles. The van der Waals surface area contributed by atoms with E-state index in [1.165, 1.54) is 31.2 Å². The highest BCUT2D eigenvalue weighted by Gasteiger charge is 2.36. The van der Waals surface area contributed by atoms with Gasteiger partial charge in [-0.25, -0.2) is 9.59 Å². The Kier molecular flexibility index (Phi) is 9.61. The van der Waals surface area contributed by atoms with Gasteiger partial charge in [-0.3, -0.25) is 4.79 Å². The minimum atomic E-state index is -4.66. The summed E-state index contributed by atoms with van der Waals surface area (Å²) >= 11 is 0. The monoisotopic (exact) mass is 481 g/mol. The number of hydrogen-bond donors (Lipinski definition) is 3. The van der Waals surface area contributed by atoms with E-state index in [0.717, 1.165) is 6.07 Å². The Balaban J connectivity index is 2.13. The lowest BCUT2D eigenvalue weighted by atomic mass is 9.96. The molecule has 1 amide bonds. The molecule has 2 atom stereocenters. The summed E-state index contributed by atoms with van der Waals surface area (Å²) in [6, 6.07) is 9.67. The first-order chi connectivity index (χ1) is 16.0. The Morgan fingerprint density at radius 3 is 2.26 bits per heavy atom. The summed E-state index contributed by atoms with van der Waals surface area (Å²) in [5, 5.41) is 22.0. The standard InChI is InChI=1S/C24H26F3NO6/c1-2-34-23(33)21(30)19(14-16-9-4-6-12-18(16)24(25,26)27)28-20(29)13-7-10-15-8-3-5-11-17(15)22(31)32/h3-6,8-9,11-12,19,21,30H,2,7,10,13-14H2,1H3,(H,28,29)(H,31,32). The molecule has 3 N–H and O–H groups in total. The molecule has 7 nitrogen and oxygen atoms in total. The van der Waals surface area contributed by atoms with Crippen molar-refractivity contribution in [3.05, 3.63) is 70.8 Å². The summed E-state index contributed by atoms with van der Waals surface area (Å²) in [6.45, 7) is 1.45. The van der Waals surface area contributed by atoms with Crippen LogP contribution in [0.2, 0.25) is 0 Å². The summed E-state index contributed by atoms with van der Waals surface area (Å²) in [4.78, 5) is 35.8. The number of alkyl halides is 3. The van der Waals surface area contributed by atoms with Crippen LogP contribution in [-0.2, 0) is 33.3 Å². The summed E-state index contributed by atoms with van der Waals surface area (Å²) in [5.74, 6) is -2.76. The normalized spacial score (nSPS) is 13.1. The molecular weight excluding hydrogens is 455 g/mol. The predicted molar refractivity (Wildman–Crippen MR) is 116 cm³/mol. The van der Waals surface area contributed by atoms with Crippen LogP contribution < -0.4 is 5.32 Å². The minimum absolute atomic E-state index is 0.0569. The zero-order valence-corrected chi connectivity index (χ0v) is 18.5. The Bertz CT molecular complexity index is 1010. The van der Waals surface area contributed by atoms with Gasteiger partial charge in [0.15, 0.2) is 6.10 Å². The second-order valence-electron chi connectivity index (χ2n) is 7.55. The third-order valence-electron chi connectivity index (χ3n) is 5.12. The molecule has 0 heterocycles. The number of nitrogens with one attached hydrogen (secondary N) is 1. The quantitative estimate of drug-likeness (QED) is 0.424. The molecule has 2 rings (SSSR count). The maximum Gasteiger partial charge on any atom is 0.416 e. The second-order valence-corrected chi connectivity index (χ2v) is 7.55. The van der Waals surface area contributed by atoms with Crippen LogP contribution in [0.3, 0.4) is 0 Å². The summed E-state index contributed by atoms with van der Waals surface area (Å²) < 4.78 is 44.9. The summed E-state index contributed by atoms with van der Waals surface area (Å²) in [7, 11) is 0. The third kappa shape index (κ3) is 7.58. The molecule has 0 saturated heterocycles. The highest BCUT2D eigenvalue weighted by Crippen LogP contribution is 2.32. The van der Waals surface area contributed by atoms with Crippen molar-refractivity contribution in [2.75, 3.05) is 6.61 Å². The molecular formula is C24H26F3NO6. The maximum absolute atomic E-state index is 13.4. The van der Waals surface area contributed by atoms with Crippen LogP contribution in [0.5, 0.6) is 0 Å². The van der Waals surface area contributed by atoms with Crippen molar-refractivity contribution < 1.29 is 42.5 Å².